The van der Waals surface area contributed by atoms with Crippen LogP contribution < -0.4 is 5.32 Å². The number of amides is 1. The molecule has 1 amide bonds. The number of carbonyl (C=O) groups is 1. The predicted molar refractivity (Wildman–Crippen MR) is 86.0 cm³/mol. The van der Waals surface area contributed by atoms with Crippen LogP contribution in [0.3, 0.4) is 0 Å². The molecular weight excluding hydrogens is 357 g/mol. The van der Waals surface area contributed by atoms with Crippen molar-refractivity contribution in [3.63, 3.8) is 0 Å². The molecule has 5 heteroatoms. The first-order valence-corrected chi connectivity index (χ1v) is 7.67. The van der Waals surface area contributed by atoms with Gasteiger partial charge in [0.1, 0.15) is 5.82 Å². The minimum atomic E-state index is -0.332. The summed E-state index contributed by atoms with van der Waals surface area (Å²) in [7, 11) is 0. The van der Waals surface area contributed by atoms with Gasteiger partial charge in [-0.25, -0.2) is 4.39 Å². The van der Waals surface area contributed by atoms with Crippen LogP contribution in [0.2, 0.25) is 5.02 Å². The van der Waals surface area contributed by atoms with Crippen LogP contribution in [-0.2, 0) is 17.6 Å². The third kappa shape index (κ3) is 5.14. The quantitative estimate of drug-likeness (QED) is 0.842. The van der Waals surface area contributed by atoms with Crippen LogP contribution in [0.15, 0.2) is 46.9 Å². The summed E-state index contributed by atoms with van der Waals surface area (Å²) in [5.74, 6) is -0.413. The Morgan fingerprint density at radius 2 is 1.81 bits per heavy atom. The van der Waals surface area contributed by atoms with E-state index in [9.17, 15) is 9.18 Å². The second-order valence-electron chi connectivity index (χ2n) is 4.65. The van der Waals surface area contributed by atoms with Crippen LogP contribution >= 0.6 is 27.5 Å². The van der Waals surface area contributed by atoms with Gasteiger partial charge in [0.25, 0.3) is 0 Å². The molecule has 0 saturated carbocycles. The van der Waals surface area contributed by atoms with Gasteiger partial charge in [-0.3, -0.25) is 4.79 Å². The summed E-state index contributed by atoms with van der Waals surface area (Å²) < 4.78 is 13.5. The molecule has 2 aromatic rings. The van der Waals surface area contributed by atoms with Crippen LogP contribution in [-0.4, -0.2) is 12.5 Å². The maximum atomic E-state index is 13.1. The normalized spacial score (nSPS) is 10.4. The van der Waals surface area contributed by atoms with Gasteiger partial charge in [0, 0.05) is 11.6 Å². The molecule has 21 heavy (non-hydrogen) atoms. The minimum absolute atomic E-state index is 0.0810. The molecule has 2 rings (SSSR count). The lowest BCUT2D eigenvalue weighted by molar-refractivity contribution is -0.120. The molecule has 0 fully saturated rings. The Balaban J connectivity index is 1.79. The summed E-state index contributed by atoms with van der Waals surface area (Å²) in [5.41, 5.74) is 1.89. The van der Waals surface area contributed by atoms with Gasteiger partial charge in [-0.1, -0.05) is 29.8 Å². The van der Waals surface area contributed by atoms with E-state index in [2.05, 4.69) is 21.2 Å². The van der Waals surface area contributed by atoms with E-state index in [0.29, 0.717) is 16.0 Å². The van der Waals surface area contributed by atoms with Crippen LogP contribution in [0.4, 0.5) is 4.39 Å². The largest absolute Gasteiger partial charge is 0.355 e. The van der Waals surface area contributed by atoms with Crippen molar-refractivity contribution >= 4 is 33.4 Å². The average molecular weight is 371 g/mol. The Bertz CT molecular complexity index is 631. The lowest BCUT2D eigenvalue weighted by Crippen LogP contribution is -2.27. The highest BCUT2D eigenvalue weighted by Crippen LogP contribution is 2.17. The fraction of sp³-hybridized carbons (Fsp3) is 0.188. The molecule has 2 aromatic carbocycles. The van der Waals surface area contributed by atoms with E-state index in [1.165, 1.54) is 6.07 Å². The number of carbonyl (C=O) groups excluding carboxylic acids is 1. The molecule has 0 saturated heterocycles. The van der Waals surface area contributed by atoms with Crippen molar-refractivity contribution in [3.05, 3.63) is 68.9 Å². The van der Waals surface area contributed by atoms with Crippen molar-refractivity contribution < 1.29 is 9.18 Å². The maximum absolute atomic E-state index is 13.1. The Morgan fingerprint density at radius 1 is 1.14 bits per heavy atom. The molecule has 110 valence electrons. The van der Waals surface area contributed by atoms with E-state index in [4.69, 9.17) is 11.6 Å². The summed E-state index contributed by atoms with van der Waals surface area (Å²) >= 11 is 8.92. The van der Waals surface area contributed by atoms with E-state index in [0.717, 1.165) is 17.5 Å². The Labute approximate surface area is 136 Å². The molecule has 0 bridgehead atoms. The summed E-state index contributed by atoms with van der Waals surface area (Å²) in [6, 6.07) is 12.1. The van der Waals surface area contributed by atoms with E-state index in [1.807, 2.05) is 24.3 Å². The lowest BCUT2D eigenvalue weighted by atomic mass is 10.1. The van der Waals surface area contributed by atoms with Gasteiger partial charge in [0.15, 0.2) is 0 Å². The topological polar surface area (TPSA) is 29.1 Å². The zero-order valence-electron chi connectivity index (χ0n) is 11.2. The smallest absolute Gasteiger partial charge is 0.224 e. The highest BCUT2D eigenvalue weighted by molar-refractivity contribution is 9.10. The van der Waals surface area contributed by atoms with E-state index >= 15 is 0 Å². The molecule has 2 nitrogen and oxygen atoms in total. The number of hydrogen-bond acceptors (Lipinski definition) is 1. The van der Waals surface area contributed by atoms with Crippen LogP contribution in [0.1, 0.15) is 11.1 Å². The van der Waals surface area contributed by atoms with Gasteiger partial charge < -0.3 is 5.32 Å². The molecule has 0 radical (unpaired) electrons. The highest BCUT2D eigenvalue weighted by Gasteiger charge is 2.06. The van der Waals surface area contributed by atoms with Crippen molar-refractivity contribution in [3.8, 4) is 0 Å². The Kier molecular flexibility index (Phi) is 5.76. The van der Waals surface area contributed by atoms with E-state index in [-0.39, 0.29) is 18.1 Å². The summed E-state index contributed by atoms with van der Waals surface area (Å²) in [6.45, 7) is 0.558. The van der Waals surface area contributed by atoms with Gasteiger partial charge >= 0.3 is 0 Å². The average Bonchev–Trinajstić information content (AvgIpc) is 2.45. The van der Waals surface area contributed by atoms with Gasteiger partial charge in [-0.2, -0.15) is 0 Å². The molecule has 0 spiro atoms. The van der Waals surface area contributed by atoms with Crippen molar-refractivity contribution in [1.82, 2.24) is 5.32 Å². The van der Waals surface area contributed by atoms with Crippen molar-refractivity contribution in [2.24, 2.45) is 0 Å². The molecule has 1 N–H and O–H groups in total. The molecule has 0 unspecified atom stereocenters. The minimum Gasteiger partial charge on any atom is -0.355 e. The second-order valence-corrected chi connectivity index (χ2v) is 5.94. The van der Waals surface area contributed by atoms with Gasteiger partial charge in [0.05, 0.1) is 10.9 Å². The van der Waals surface area contributed by atoms with E-state index in [1.54, 1.807) is 12.1 Å². The molecule has 0 heterocycles. The molecule has 0 aliphatic rings. The molecular formula is C16H14BrClFNO. The maximum Gasteiger partial charge on any atom is 0.224 e. The predicted octanol–water partition coefficient (Wildman–Crippen LogP) is 4.14. The first kappa shape index (κ1) is 16.0. The number of halogens is 3. The monoisotopic (exact) mass is 369 g/mol. The summed E-state index contributed by atoms with van der Waals surface area (Å²) in [5, 5.41) is 3.55. The van der Waals surface area contributed by atoms with Crippen molar-refractivity contribution in [2.45, 2.75) is 12.8 Å². The van der Waals surface area contributed by atoms with Crippen molar-refractivity contribution in [2.75, 3.05) is 6.54 Å². The molecule has 0 aliphatic heterocycles. The lowest BCUT2D eigenvalue weighted by Gasteiger charge is -2.06. The fourth-order valence-corrected chi connectivity index (χ4v) is 2.45. The first-order chi connectivity index (χ1) is 10.0. The third-order valence-corrected chi connectivity index (χ3v) is 3.86. The van der Waals surface area contributed by atoms with Gasteiger partial charge in [-0.05, 0) is 57.7 Å². The SMILES string of the molecule is O=C(Cc1ccc(F)c(Br)c1)NCCc1ccc(Cl)cc1. The second kappa shape index (κ2) is 7.57. The Morgan fingerprint density at radius 3 is 2.48 bits per heavy atom. The fourth-order valence-electron chi connectivity index (χ4n) is 1.89. The zero-order valence-corrected chi connectivity index (χ0v) is 13.5. The van der Waals surface area contributed by atoms with E-state index < -0.39 is 0 Å². The number of benzene rings is 2. The van der Waals surface area contributed by atoms with Crippen LogP contribution in [0, 0.1) is 5.82 Å². The third-order valence-electron chi connectivity index (χ3n) is 3.00. The molecule has 0 aromatic heterocycles. The standard InChI is InChI=1S/C16H14BrClFNO/c17-14-9-12(3-6-15(14)19)10-16(21)20-8-7-11-1-4-13(18)5-2-11/h1-6,9H,7-8,10H2,(H,20,21). The number of rotatable bonds is 5. The van der Waals surface area contributed by atoms with Gasteiger partial charge in [-0.15, -0.1) is 0 Å². The first-order valence-electron chi connectivity index (χ1n) is 6.49. The van der Waals surface area contributed by atoms with Crippen LogP contribution in [0.5, 0.6) is 0 Å². The van der Waals surface area contributed by atoms with Crippen molar-refractivity contribution in [1.29, 1.82) is 0 Å². The Hall–Kier alpha value is -1.39. The summed E-state index contributed by atoms with van der Waals surface area (Å²) in [4.78, 5) is 11.8. The van der Waals surface area contributed by atoms with Gasteiger partial charge in [0.2, 0.25) is 5.91 Å². The molecule has 0 aliphatic carbocycles. The molecule has 0 atom stereocenters. The number of hydrogen-bond donors (Lipinski definition) is 1. The highest BCUT2D eigenvalue weighted by atomic mass is 79.9. The zero-order chi connectivity index (χ0) is 15.2. The van der Waals surface area contributed by atoms with Crippen LogP contribution in [0.25, 0.3) is 0 Å². The number of nitrogens with one attached hydrogen (secondary N) is 1. The summed E-state index contributed by atoms with van der Waals surface area (Å²) in [6.07, 6.45) is 0.982.